The van der Waals surface area contributed by atoms with Gasteiger partial charge in [-0.2, -0.15) is 0 Å². The standard InChI is InChI=1S/C29H23ClN4O3/c1-15(2)24-22-23(27(37)33(26(22)36)21-14-8-5-11-18(21)30)29(32-24)17-10-4-7-13-20(17)34-25(35)16-9-3-6-12-19(16)31-28(29)34/h3-15,22-24,32H,1-2H3/t22-,23-,24?,29?/m1/s1. The number of halogens is 1. The Morgan fingerprint density at radius 1 is 0.892 bits per heavy atom. The van der Waals surface area contributed by atoms with E-state index in [1.807, 2.05) is 50.2 Å². The van der Waals surface area contributed by atoms with E-state index in [9.17, 15) is 14.4 Å². The zero-order valence-electron chi connectivity index (χ0n) is 20.2. The lowest BCUT2D eigenvalue weighted by molar-refractivity contribution is -0.123. The highest BCUT2D eigenvalue weighted by Gasteiger charge is 2.70. The molecule has 4 atom stereocenters. The molecule has 0 saturated carbocycles. The molecule has 3 aliphatic heterocycles. The predicted molar refractivity (Wildman–Crippen MR) is 141 cm³/mol. The summed E-state index contributed by atoms with van der Waals surface area (Å²) in [6.45, 7) is 4.07. The van der Waals surface area contributed by atoms with Crippen molar-refractivity contribution in [1.82, 2.24) is 14.9 Å². The van der Waals surface area contributed by atoms with Gasteiger partial charge in [0.1, 0.15) is 11.4 Å². The number of rotatable bonds is 2. The van der Waals surface area contributed by atoms with Crippen LogP contribution in [0.4, 0.5) is 5.69 Å². The molecule has 8 heteroatoms. The molecule has 2 fully saturated rings. The Kier molecular flexibility index (Phi) is 4.60. The first-order valence-electron chi connectivity index (χ1n) is 12.4. The lowest BCUT2D eigenvalue weighted by Crippen LogP contribution is -2.51. The maximum Gasteiger partial charge on any atom is 0.266 e. The van der Waals surface area contributed by atoms with Gasteiger partial charge in [0, 0.05) is 11.6 Å². The molecule has 184 valence electrons. The molecule has 0 bridgehead atoms. The molecule has 3 aromatic carbocycles. The van der Waals surface area contributed by atoms with E-state index in [0.717, 1.165) is 5.56 Å². The second-order valence-electron chi connectivity index (χ2n) is 10.3. The number of benzene rings is 3. The number of carbonyl (C=O) groups is 2. The summed E-state index contributed by atoms with van der Waals surface area (Å²) in [6, 6.07) is 21.3. The van der Waals surface area contributed by atoms with Crippen molar-refractivity contribution in [3.8, 4) is 5.69 Å². The number of nitrogens with one attached hydrogen (secondary N) is 1. The number of aromatic nitrogens is 2. The second-order valence-corrected chi connectivity index (χ2v) is 10.7. The molecule has 1 N–H and O–H groups in total. The molecule has 1 aromatic heterocycles. The zero-order valence-corrected chi connectivity index (χ0v) is 20.9. The molecule has 2 unspecified atom stereocenters. The fraction of sp³-hybridized carbons (Fsp3) is 0.241. The topological polar surface area (TPSA) is 84.3 Å². The van der Waals surface area contributed by atoms with Crippen LogP contribution in [-0.2, 0) is 15.1 Å². The second kappa shape index (κ2) is 7.60. The molecular weight excluding hydrogens is 488 g/mol. The summed E-state index contributed by atoms with van der Waals surface area (Å²) in [7, 11) is 0. The summed E-state index contributed by atoms with van der Waals surface area (Å²) < 4.78 is 1.61. The van der Waals surface area contributed by atoms with Gasteiger partial charge in [0.05, 0.1) is 39.1 Å². The lowest BCUT2D eigenvalue weighted by atomic mass is 9.75. The molecule has 4 heterocycles. The lowest BCUT2D eigenvalue weighted by Gasteiger charge is -2.32. The van der Waals surface area contributed by atoms with Gasteiger partial charge in [0.15, 0.2) is 0 Å². The van der Waals surface area contributed by atoms with Crippen LogP contribution < -0.4 is 15.8 Å². The highest BCUT2D eigenvalue weighted by Crippen LogP contribution is 2.56. The number of para-hydroxylation sites is 3. The van der Waals surface area contributed by atoms with E-state index in [1.165, 1.54) is 4.90 Å². The Hall–Kier alpha value is -3.81. The van der Waals surface area contributed by atoms with Gasteiger partial charge < -0.3 is 0 Å². The number of anilines is 1. The maximum atomic E-state index is 14.3. The number of nitrogens with zero attached hydrogens (tertiary/aromatic N) is 3. The van der Waals surface area contributed by atoms with Gasteiger partial charge in [0.25, 0.3) is 5.56 Å². The minimum absolute atomic E-state index is 0.0308. The molecule has 0 radical (unpaired) electrons. The van der Waals surface area contributed by atoms with E-state index in [1.54, 1.807) is 41.0 Å². The van der Waals surface area contributed by atoms with Crippen molar-refractivity contribution in [3.63, 3.8) is 0 Å². The van der Waals surface area contributed by atoms with Gasteiger partial charge in [-0.15, -0.1) is 0 Å². The molecule has 1 spiro atoms. The first kappa shape index (κ1) is 22.4. The Morgan fingerprint density at radius 2 is 1.57 bits per heavy atom. The fourth-order valence-corrected chi connectivity index (χ4v) is 6.82. The van der Waals surface area contributed by atoms with Crippen LogP contribution in [0.1, 0.15) is 25.2 Å². The van der Waals surface area contributed by atoms with E-state index in [0.29, 0.717) is 33.1 Å². The quantitative estimate of drug-likeness (QED) is 0.412. The summed E-state index contributed by atoms with van der Waals surface area (Å²) in [4.78, 5) is 48.4. The molecule has 4 aromatic rings. The fourth-order valence-electron chi connectivity index (χ4n) is 6.59. The molecule has 37 heavy (non-hydrogen) atoms. The number of fused-ring (bicyclic) bond motifs is 8. The highest BCUT2D eigenvalue weighted by molar-refractivity contribution is 6.36. The molecular formula is C29H23ClN4O3. The van der Waals surface area contributed by atoms with Gasteiger partial charge in [-0.3, -0.25) is 24.3 Å². The van der Waals surface area contributed by atoms with E-state index in [4.69, 9.17) is 16.6 Å². The Bertz CT molecular complexity index is 1710. The molecule has 7 rings (SSSR count). The number of carbonyl (C=O) groups excluding carboxylic acids is 2. The zero-order chi connectivity index (χ0) is 25.6. The number of hydrogen-bond acceptors (Lipinski definition) is 5. The summed E-state index contributed by atoms with van der Waals surface area (Å²) in [6.07, 6.45) is 0. The van der Waals surface area contributed by atoms with Crippen molar-refractivity contribution in [3.05, 3.63) is 99.6 Å². The van der Waals surface area contributed by atoms with Crippen LogP contribution in [0.5, 0.6) is 0 Å². The van der Waals surface area contributed by atoms with Crippen molar-refractivity contribution >= 4 is 40.0 Å². The summed E-state index contributed by atoms with van der Waals surface area (Å²) in [5.74, 6) is -1.60. The van der Waals surface area contributed by atoms with Crippen molar-refractivity contribution in [2.24, 2.45) is 17.8 Å². The molecule has 3 aliphatic rings. The summed E-state index contributed by atoms with van der Waals surface area (Å²) in [5.41, 5.74) is 1.03. The minimum atomic E-state index is -1.15. The first-order chi connectivity index (χ1) is 17.9. The van der Waals surface area contributed by atoms with Crippen molar-refractivity contribution < 1.29 is 9.59 Å². The molecule has 2 saturated heterocycles. The predicted octanol–water partition coefficient (Wildman–Crippen LogP) is 4.03. The first-order valence-corrected chi connectivity index (χ1v) is 12.8. The third-order valence-corrected chi connectivity index (χ3v) is 8.43. The number of imide groups is 1. The van der Waals surface area contributed by atoms with Gasteiger partial charge in [-0.05, 0) is 36.2 Å². The van der Waals surface area contributed by atoms with Crippen LogP contribution in [0.3, 0.4) is 0 Å². The van der Waals surface area contributed by atoms with E-state index < -0.39 is 17.4 Å². The van der Waals surface area contributed by atoms with Gasteiger partial charge >= 0.3 is 0 Å². The van der Waals surface area contributed by atoms with Crippen molar-refractivity contribution in [2.45, 2.75) is 25.4 Å². The maximum absolute atomic E-state index is 14.3. The summed E-state index contributed by atoms with van der Waals surface area (Å²) >= 11 is 6.47. The average Bonchev–Trinajstić information content (AvgIpc) is 3.49. The van der Waals surface area contributed by atoms with Gasteiger partial charge in [-0.1, -0.05) is 67.9 Å². The third kappa shape index (κ3) is 2.70. The minimum Gasteiger partial charge on any atom is -0.296 e. The van der Waals surface area contributed by atoms with Crippen LogP contribution in [0.2, 0.25) is 5.02 Å². The number of amides is 2. The van der Waals surface area contributed by atoms with E-state index in [2.05, 4.69) is 5.32 Å². The monoisotopic (exact) mass is 510 g/mol. The van der Waals surface area contributed by atoms with Gasteiger partial charge in [-0.25, -0.2) is 9.88 Å². The normalized spacial score (nSPS) is 25.8. The average molecular weight is 511 g/mol. The Balaban J connectivity index is 1.55. The van der Waals surface area contributed by atoms with Gasteiger partial charge in [0.2, 0.25) is 11.8 Å². The van der Waals surface area contributed by atoms with Crippen molar-refractivity contribution in [2.75, 3.05) is 4.90 Å². The Morgan fingerprint density at radius 3 is 2.32 bits per heavy atom. The van der Waals surface area contributed by atoms with Crippen LogP contribution in [0, 0.1) is 17.8 Å². The van der Waals surface area contributed by atoms with E-state index in [-0.39, 0.29) is 29.3 Å². The molecule has 0 aliphatic carbocycles. The molecule has 7 nitrogen and oxygen atoms in total. The summed E-state index contributed by atoms with van der Waals surface area (Å²) in [5, 5.41) is 4.53. The van der Waals surface area contributed by atoms with Crippen LogP contribution in [0.25, 0.3) is 16.6 Å². The van der Waals surface area contributed by atoms with Crippen LogP contribution >= 0.6 is 11.6 Å². The molecule has 2 amide bonds. The van der Waals surface area contributed by atoms with Crippen LogP contribution in [0.15, 0.2) is 77.6 Å². The smallest absolute Gasteiger partial charge is 0.266 e. The van der Waals surface area contributed by atoms with Crippen LogP contribution in [-0.4, -0.2) is 27.4 Å². The Labute approximate surface area is 217 Å². The van der Waals surface area contributed by atoms with Crippen molar-refractivity contribution in [1.29, 1.82) is 0 Å². The largest absolute Gasteiger partial charge is 0.296 e. The highest BCUT2D eigenvalue weighted by atomic mass is 35.5. The van der Waals surface area contributed by atoms with E-state index >= 15 is 0 Å². The number of hydrogen-bond donors (Lipinski definition) is 1. The third-order valence-electron chi connectivity index (χ3n) is 8.11. The SMILES string of the molecule is CC(C)C1NC2(c3ccccc3-n3c2nc2ccccc2c3=O)[C@H]2C(=O)N(c3ccccc3Cl)C(=O)[C@@H]12.